The summed E-state index contributed by atoms with van der Waals surface area (Å²) in [5.74, 6) is 0.0905. The van der Waals surface area contributed by atoms with E-state index in [0.29, 0.717) is 24.8 Å². The molecule has 0 saturated carbocycles. The number of carbonyl (C=O) groups excluding carboxylic acids is 1. The number of amides is 2. The zero-order valence-electron chi connectivity index (χ0n) is 13.3. The molecule has 5 heteroatoms. The first-order valence-corrected chi connectivity index (χ1v) is 7.57. The number of carboxylic acids is 1. The van der Waals surface area contributed by atoms with E-state index in [9.17, 15) is 9.59 Å². The van der Waals surface area contributed by atoms with E-state index < -0.39 is 5.97 Å². The number of rotatable bonds is 10. The highest BCUT2D eigenvalue weighted by Crippen LogP contribution is 2.17. The number of carbonyl (C=O) groups is 2. The summed E-state index contributed by atoms with van der Waals surface area (Å²) >= 11 is 0. The van der Waals surface area contributed by atoms with Gasteiger partial charge in [-0.1, -0.05) is 33.6 Å². The molecule has 0 heterocycles. The van der Waals surface area contributed by atoms with Crippen molar-refractivity contribution in [1.29, 1.82) is 0 Å². The Hall–Kier alpha value is -1.26. The number of nitrogens with one attached hydrogen (secondary N) is 1. The largest absolute Gasteiger partial charge is 0.481 e. The van der Waals surface area contributed by atoms with Gasteiger partial charge in [-0.2, -0.15) is 0 Å². The Kier molecular flexibility index (Phi) is 9.86. The molecule has 0 bridgehead atoms. The first-order chi connectivity index (χ1) is 9.36. The maximum Gasteiger partial charge on any atom is 0.317 e. The fourth-order valence-electron chi connectivity index (χ4n) is 2.32. The van der Waals surface area contributed by atoms with E-state index in [2.05, 4.69) is 26.1 Å². The van der Waals surface area contributed by atoms with Crippen molar-refractivity contribution in [3.63, 3.8) is 0 Å². The van der Waals surface area contributed by atoms with Gasteiger partial charge in [0.2, 0.25) is 0 Å². The zero-order valence-corrected chi connectivity index (χ0v) is 13.3. The topological polar surface area (TPSA) is 69.6 Å². The van der Waals surface area contributed by atoms with Crippen molar-refractivity contribution >= 4 is 12.0 Å². The molecule has 2 amide bonds. The van der Waals surface area contributed by atoms with Crippen LogP contribution in [0.4, 0.5) is 4.79 Å². The third-order valence-corrected chi connectivity index (χ3v) is 3.28. The minimum absolute atomic E-state index is 0.0489. The Morgan fingerprint density at radius 1 is 1.20 bits per heavy atom. The summed E-state index contributed by atoms with van der Waals surface area (Å²) in [6.07, 6.45) is 3.82. The van der Waals surface area contributed by atoms with Gasteiger partial charge in [-0.05, 0) is 24.7 Å². The summed E-state index contributed by atoms with van der Waals surface area (Å²) in [5, 5.41) is 11.6. The highest BCUT2D eigenvalue weighted by Gasteiger charge is 2.13. The lowest BCUT2D eigenvalue weighted by molar-refractivity contribution is -0.137. The average molecular weight is 286 g/mol. The van der Waals surface area contributed by atoms with Crippen molar-refractivity contribution in [3.05, 3.63) is 0 Å². The van der Waals surface area contributed by atoms with Gasteiger partial charge in [0.1, 0.15) is 0 Å². The Bertz CT molecular complexity index is 293. The van der Waals surface area contributed by atoms with E-state index in [4.69, 9.17) is 5.11 Å². The molecule has 0 rings (SSSR count). The van der Waals surface area contributed by atoms with Crippen LogP contribution in [0.2, 0.25) is 0 Å². The predicted molar refractivity (Wildman–Crippen MR) is 80.8 cm³/mol. The molecule has 0 aliphatic heterocycles. The molecule has 118 valence electrons. The fraction of sp³-hybridized carbons (Fsp3) is 0.867. The number of nitrogens with zero attached hydrogens (tertiary/aromatic N) is 1. The monoisotopic (exact) mass is 286 g/mol. The van der Waals surface area contributed by atoms with Gasteiger partial charge in [-0.25, -0.2) is 4.79 Å². The predicted octanol–water partition coefficient (Wildman–Crippen LogP) is 2.96. The maximum absolute atomic E-state index is 11.8. The molecule has 0 fully saturated rings. The van der Waals surface area contributed by atoms with Crippen LogP contribution in [-0.4, -0.2) is 42.1 Å². The van der Waals surface area contributed by atoms with E-state index in [0.717, 1.165) is 25.8 Å². The second-order valence-electron chi connectivity index (χ2n) is 5.88. The molecule has 20 heavy (non-hydrogen) atoms. The minimum Gasteiger partial charge on any atom is -0.481 e. The highest BCUT2D eigenvalue weighted by atomic mass is 16.4. The standard InChI is InChI=1S/C15H30N2O3/c1-5-6-13(7-8-14(18)19)9-10-16-15(20)17(4)11-12(2)3/h12-13H,5-11H2,1-4H3,(H,16,20)(H,18,19). The van der Waals surface area contributed by atoms with Crippen LogP contribution in [0.1, 0.15) is 52.9 Å². The highest BCUT2D eigenvalue weighted by molar-refractivity contribution is 5.73. The maximum atomic E-state index is 11.8. The second kappa shape index (κ2) is 10.5. The van der Waals surface area contributed by atoms with E-state index in [1.807, 2.05) is 0 Å². The van der Waals surface area contributed by atoms with Gasteiger partial charge in [0.15, 0.2) is 0 Å². The number of urea groups is 1. The van der Waals surface area contributed by atoms with Crippen molar-refractivity contribution < 1.29 is 14.7 Å². The smallest absolute Gasteiger partial charge is 0.317 e. The molecule has 0 aromatic carbocycles. The summed E-state index contributed by atoms with van der Waals surface area (Å²) < 4.78 is 0. The molecule has 0 spiro atoms. The minimum atomic E-state index is -0.744. The second-order valence-corrected chi connectivity index (χ2v) is 5.88. The lowest BCUT2D eigenvalue weighted by Gasteiger charge is -2.21. The number of hydrogen-bond donors (Lipinski definition) is 2. The fourth-order valence-corrected chi connectivity index (χ4v) is 2.32. The Labute approximate surface area is 122 Å². The van der Waals surface area contributed by atoms with Gasteiger partial charge in [0.25, 0.3) is 0 Å². The van der Waals surface area contributed by atoms with E-state index in [1.165, 1.54) is 0 Å². The first-order valence-electron chi connectivity index (χ1n) is 7.57. The van der Waals surface area contributed by atoms with Gasteiger partial charge >= 0.3 is 12.0 Å². The molecule has 1 atom stereocenters. The van der Waals surface area contributed by atoms with Crippen LogP contribution in [0, 0.1) is 11.8 Å². The van der Waals surface area contributed by atoms with Crippen molar-refractivity contribution in [1.82, 2.24) is 10.2 Å². The Balaban J connectivity index is 3.97. The van der Waals surface area contributed by atoms with Crippen LogP contribution in [0.25, 0.3) is 0 Å². The van der Waals surface area contributed by atoms with E-state index >= 15 is 0 Å². The molecule has 0 aliphatic rings. The summed E-state index contributed by atoms with van der Waals surface area (Å²) in [6.45, 7) is 7.61. The normalized spacial score (nSPS) is 12.2. The van der Waals surface area contributed by atoms with Crippen molar-refractivity contribution in [2.45, 2.75) is 52.9 Å². The third kappa shape index (κ3) is 9.64. The molecular formula is C15H30N2O3. The number of carboxylic acid groups (broad SMARTS) is 1. The summed E-state index contributed by atoms with van der Waals surface area (Å²) in [4.78, 5) is 24.1. The van der Waals surface area contributed by atoms with Gasteiger partial charge in [0, 0.05) is 26.6 Å². The van der Waals surface area contributed by atoms with E-state index in [1.54, 1.807) is 11.9 Å². The molecule has 0 aromatic rings. The lowest BCUT2D eigenvalue weighted by Crippen LogP contribution is -2.39. The van der Waals surface area contributed by atoms with Crippen molar-refractivity contribution in [3.8, 4) is 0 Å². The molecule has 0 radical (unpaired) electrons. The van der Waals surface area contributed by atoms with Gasteiger partial charge in [0.05, 0.1) is 0 Å². The van der Waals surface area contributed by atoms with Crippen molar-refractivity contribution in [2.24, 2.45) is 11.8 Å². The quantitative estimate of drug-likeness (QED) is 0.648. The Morgan fingerprint density at radius 2 is 1.85 bits per heavy atom. The Morgan fingerprint density at radius 3 is 2.35 bits per heavy atom. The van der Waals surface area contributed by atoms with Gasteiger partial charge in [-0.15, -0.1) is 0 Å². The molecule has 2 N–H and O–H groups in total. The molecule has 1 unspecified atom stereocenters. The molecule has 0 aromatic heterocycles. The average Bonchev–Trinajstić information content (AvgIpc) is 2.34. The third-order valence-electron chi connectivity index (χ3n) is 3.28. The van der Waals surface area contributed by atoms with Crippen LogP contribution in [-0.2, 0) is 4.79 Å². The summed E-state index contributed by atoms with van der Waals surface area (Å²) in [6, 6.07) is -0.0489. The molecular weight excluding hydrogens is 256 g/mol. The van der Waals surface area contributed by atoms with Crippen LogP contribution < -0.4 is 5.32 Å². The summed E-state index contributed by atoms with van der Waals surface area (Å²) in [5.41, 5.74) is 0. The number of aliphatic carboxylic acids is 1. The molecule has 0 saturated heterocycles. The SMILES string of the molecule is CCCC(CCNC(=O)N(C)CC(C)C)CCC(=O)O. The van der Waals surface area contributed by atoms with Crippen LogP contribution >= 0.6 is 0 Å². The molecule has 5 nitrogen and oxygen atoms in total. The van der Waals surface area contributed by atoms with Crippen LogP contribution in [0.5, 0.6) is 0 Å². The molecule has 0 aliphatic carbocycles. The zero-order chi connectivity index (χ0) is 15.5. The van der Waals surface area contributed by atoms with Crippen LogP contribution in [0.15, 0.2) is 0 Å². The van der Waals surface area contributed by atoms with Crippen LogP contribution in [0.3, 0.4) is 0 Å². The van der Waals surface area contributed by atoms with E-state index in [-0.39, 0.29) is 12.5 Å². The first kappa shape index (κ1) is 18.7. The van der Waals surface area contributed by atoms with Crippen molar-refractivity contribution in [2.75, 3.05) is 20.1 Å². The lowest BCUT2D eigenvalue weighted by atomic mass is 9.94. The van der Waals surface area contributed by atoms with Gasteiger partial charge in [-0.3, -0.25) is 4.79 Å². The summed E-state index contributed by atoms with van der Waals surface area (Å²) in [7, 11) is 1.79. The number of hydrogen-bond acceptors (Lipinski definition) is 2. The van der Waals surface area contributed by atoms with Gasteiger partial charge < -0.3 is 15.3 Å².